The molecule has 86 valence electrons. The molecule has 0 atom stereocenters. The second-order valence-electron chi connectivity index (χ2n) is 3.97. The number of rotatable bonds is 4. The van der Waals surface area contributed by atoms with Gasteiger partial charge in [0, 0.05) is 12.1 Å². The maximum atomic E-state index is 5.52. The molecular formula is C11H15N3O2. The smallest absolute Gasteiger partial charge is 0.174 e. The van der Waals surface area contributed by atoms with E-state index in [0.717, 1.165) is 17.2 Å². The third-order valence-corrected chi connectivity index (χ3v) is 2.16. The first kappa shape index (κ1) is 10.7. The third kappa shape index (κ3) is 2.42. The summed E-state index contributed by atoms with van der Waals surface area (Å²) in [6, 6.07) is 2.19. The minimum absolute atomic E-state index is 0.338. The SMILES string of the molecule is Cc1cc(COc2cnn(C(C)C)c2)on1. The Hall–Kier alpha value is -1.78. The van der Waals surface area contributed by atoms with Gasteiger partial charge in [-0.05, 0) is 20.8 Å². The highest BCUT2D eigenvalue weighted by Gasteiger charge is 2.05. The van der Waals surface area contributed by atoms with Crippen molar-refractivity contribution in [3.63, 3.8) is 0 Å². The van der Waals surface area contributed by atoms with Crippen LogP contribution in [0.15, 0.2) is 23.0 Å². The fraction of sp³-hybridized carbons (Fsp3) is 0.455. The van der Waals surface area contributed by atoms with Crippen molar-refractivity contribution in [2.75, 3.05) is 0 Å². The van der Waals surface area contributed by atoms with Gasteiger partial charge in [0.1, 0.15) is 6.61 Å². The van der Waals surface area contributed by atoms with E-state index >= 15 is 0 Å². The molecule has 0 radical (unpaired) electrons. The summed E-state index contributed by atoms with van der Waals surface area (Å²) in [6.07, 6.45) is 3.57. The van der Waals surface area contributed by atoms with Gasteiger partial charge in [-0.2, -0.15) is 5.10 Å². The summed E-state index contributed by atoms with van der Waals surface area (Å²) in [7, 11) is 0. The zero-order chi connectivity index (χ0) is 11.5. The van der Waals surface area contributed by atoms with Crippen molar-refractivity contribution in [3.8, 4) is 5.75 Å². The van der Waals surface area contributed by atoms with Gasteiger partial charge >= 0.3 is 0 Å². The Morgan fingerprint density at radius 1 is 1.50 bits per heavy atom. The summed E-state index contributed by atoms with van der Waals surface area (Å²) < 4.78 is 12.4. The predicted molar refractivity (Wildman–Crippen MR) is 58.2 cm³/mol. The highest BCUT2D eigenvalue weighted by molar-refractivity contribution is 5.13. The van der Waals surface area contributed by atoms with Crippen LogP contribution in [0.3, 0.4) is 0 Å². The van der Waals surface area contributed by atoms with Gasteiger partial charge in [-0.1, -0.05) is 5.16 Å². The highest BCUT2D eigenvalue weighted by atomic mass is 16.5. The molecule has 2 heterocycles. The standard InChI is InChI=1S/C11H15N3O2/c1-8(2)14-6-11(5-12-14)15-7-10-4-9(3)13-16-10/h4-6,8H,7H2,1-3H3. The van der Waals surface area contributed by atoms with E-state index in [4.69, 9.17) is 9.26 Å². The molecule has 0 amide bonds. The number of hydrogen-bond acceptors (Lipinski definition) is 4. The van der Waals surface area contributed by atoms with Crippen LogP contribution in [-0.4, -0.2) is 14.9 Å². The van der Waals surface area contributed by atoms with Crippen molar-refractivity contribution in [1.29, 1.82) is 0 Å². The summed E-state index contributed by atoms with van der Waals surface area (Å²) in [5.41, 5.74) is 0.858. The van der Waals surface area contributed by atoms with Crippen LogP contribution in [0, 0.1) is 6.92 Å². The normalized spacial score (nSPS) is 11.0. The lowest BCUT2D eigenvalue weighted by molar-refractivity contribution is 0.248. The largest absolute Gasteiger partial charge is 0.482 e. The van der Waals surface area contributed by atoms with Crippen molar-refractivity contribution >= 4 is 0 Å². The molecule has 0 aliphatic carbocycles. The molecule has 2 rings (SSSR count). The molecule has 0 fully saturated rings. The average Bonchev–Trinajstić information content (AvgIpc) is 2.83. The maximum absolute atomic E-state index is 5.52. The molecule has 2 aromatic rings. The van der Waals surface area contributed by atoms with Gasteiger partial charge in [-0.25, -0.2) is 0 Å². The molecule has 0 saturated heterocycles. The first-order valence-electron chi connectivity index (χ1n) is 5.24. The molecular weight excluding hydrogens is 206 g/mol. The first-order valence-corrected chi connectivity index (χ1v) is 5.24. The molecule has 0 bridgehead atoms. The highest BCUT2D eigenvalue weighted by Crippen LogP contribution is 2.14. The average molecular weight is 221 g/mol. The van der Waals surface area contributed by atoms with Gasteiger partial charge in [0.15, 0.2) is 11.5 Å². The van der Waals surface area contributed by atoms with E-state index in [1.165, 1.54) is 0 Å². The van der Waals surface area contributed by atoms with E-state index in [9.17, 15) is 0 Å². The van der Waals surface area contributed by atoms with E-state index < -0.39 is 0 Å². The molecule has 5 heteroatoms. The minimum Gasteiger partial charge on any atom is -0.482 e. The van der Waals surface area contributed by atoms with Crippen LogP contribution in [0.1, 0.15) is 31.3 Å². The van der Waals surface area contributed by atoms with Crippen molar-refractivity contribution in [1.82, 2.24) is 14.9 Å². The van der Waals surface area contributed by atoms with Gasteiger partial charge in [-0.15, -0.1) is 0 Å². The topological polar surface area (TPSA) is 53.1 Å². The molecule has 0 aromatic carbocycles. The van der Waals surface area contributed by atoms with E-state index in [1.54, 1.807) is 6.20 Å². The van der Waals surface area contributed by atoms with Gasteiger partial charge in [0.25, 0.3) is 0 Å². The van der Waals surface area contributed by atoms with Gasteiger partial charge < -0.3 is 9.26 Å². The maximum Gasteiger partial charge on any atom is 0.174 e. The number of aryl methyl sites for hydroxylation is 1. The van der Waals surface area contributed by atoms with E-state index in [-0.39, 0.29) is 0 Å². The third-order valence-electron chi connectivity index (χ3n) is 2.16. The number of ether oxygens (including phenoxy) is 1. The molecule has 5 nitrogen and oxygen atoms in total. The van der Waals surface area contributed by atoms with Gasteiger partial charge in [-0.3, -0.25) is 4.68 Å². The van der Waals surface area contributed by atoms with Crippen LogP contribution in [0.25, 0.3) is 0 Å². The van der Waals surface area contributed by atoms with Crippen molar-refractivity contribution < 1.29 is 9.26 Å². The fourth-order valence-electron chi connectivity index (χ4n) is 1.32. The van der Waals surface area contributed by atoms with Crippen molar-refractivity contribution in [3.05, 3.63) is 29.9 Å². The Morgan fingerprint density at radius 3 is 2.88 bits per heavy atom. The Bertz CT molecular complexity index is 459. The van der Waals surface area contributed by atoms with Crippen LogP contribution >= 0.6 is 0 Å². The zero-order valence-electron chi connectivity index (χ0n) is 9.67. The van der Waals surface area contributed by atoms with Crippen LogP contribution < -0.4 is 4.74 Å². The van der Waals surface area contributed by atoms with E-state index in [0.29, 0.717) is 12.6 Å². The van der Waals surface area contributed by atoms with Crippen LogP contribution in [0.5, 0.6) is 5.75 Å². The molecule has 0 aliphatic rings. The Balaban J connectivity index is 1.94. The lowest BCUT2D eigenvalue weighted by atomic mass is 10.4. The second kappa shape index (κ2) is 4.38. The molecule has 0 aliphatic heterocycles. The fourth-order valence-corrected chi connectivity index (χ4v) is 1.32. The summed E-state index contributed by atoms with van der Waals surface area (Å²) in [4.78, 5) is 0. The molecule has 2 aromatic heterocycles. The van der Waals surface area contributed by atoms with Crippen LogP contribution in [0.2, 0.25) is 0 Å². The quantitative estimate of drug-likeness (QED) is 0.795. The molecule has 0 N–H and O–H groups in total. The summed E-state index contributed by atoms with van der Waals surface area (Å²) in [5.74, 6) is 1.46. The van der Waals surface area contributed by atoms with Crippen molar-refractivity contribution in [2.45, 2.75) is 33.4 Å². The second-order valence-corrected chi connectivity index (χ2v) is 3.97. The Labute approximate surface area is 94.0 Å². The lowest BCUT2D eigenvalue weighted by Crippen LogP contribution is -2.00. The summed E-state index contributed by atoms with van der Waals surface area (Å²) in [5, 5.41) is 7.97. The van der Waals surface area contributed by atoms with Crippen LogP contribution in [0.4, 0.5) is 0 Å². The zero-order valence-corrected chi connectivity index (χ0v) is 9.67. The number of nitrogens with zero attached hydrogens (tertiary/aromatic N) is 3. The summed E-state index contributed by atoms with van der Waals surface area (Å²) >= 11 is 0. The van der Waals surface area contributed by atoms with E-state index in [2.05, 4.69) is 24.1 Å². The first-order chi connectivity index (χ1) is 7.65. The Morgan fingerprint density at radius 2 is 2.31 bits per heavy atom. The van der Waals surface area contributed by atoms with E-state index in [1.807, 2.05) is 23.9 Å². The summed E-state index contributed by atoms with van der Waals surface area (Å²) in [6.45, 7) is 6.39. The minimum atomic E-state index is 0.338. The molecule has 0 spiro atoms. The number of hydrogen-bond donors (Lipinski definition) is 0. The van der Waals surface area contributed by atoms with Gasteiger partial charge in [0.2, 0.25) is 0 Å². The molecule has 16 heavy (non-hydrogen) atoms. The lowest BCUT2D eigenvalue weighted by Gasteiger charge is -2.03. The monoisotopic (exact) mass is 221 g/mol. The Kier molecular flexibility index (Phi) is 2.94. The van der Waals surface area contributed by atoms with Crippen molar-refractivity contribution in [2.24, 2.45) is 0 Å². The predicted octanol–water partition coefficient (Wildman–Crippen LogP) is 2.34. The number of aromatic nitrogens is 3. The molecule has 0 unspecified atom stereocenters. The van der Waals surface area contributed by atoms with Gasteiger partial charge in [0.05, 0.1) is 18.1 Å². The molecule has 0 saturated carbocycles. The van der Waals surface area contributed by atoms with Crippen LogP contribution in [-0.2, 0) is 6.61 Å².